The fourth-order valence-corrected chi connectivity index (χ4v) is 2.56. The number of benzene rings is 1. The molecule has 0 bridgehead atoms. The lowest BCUT2D eigenvalue weighted by molar-refractivity contribution is -0.142. The molecule has 1 aromatic carbocycles. The highest BCUT2D eigenvalue weighted by molar-refractivity contribution is 7.92. The molecule has 19 heavy (non-hydrogen) atoms. The summed E-state index contributed by atoms with van der Waals surface area (Å²) in [5, 5.41) is 9.60. The molecule has 0 atom stereocenters. The lowest BCUT2D eigenvalue weighted by Gasteiger charge is -2.11. The molecule has 106 valence electrons. The Morgan fingerprint density at radius 1 is 1.42 bits per heavy atom. The fourth-order valence-electron chi connectivity index (χ4n) is 1.44. The molecule has 0 aromatic heterocycles. The minimum Gasteiger partial charge on any atom is -0.506 e. The predicted octanol–water partition coefficient (Wildman–Crippen LogP) is 1.40. The van der Waals surface area contributed by atoms with Gasteiger partial charge < -0.3 is 9.84 Å². The number of para-hydroxylation sites is 1. The third kappa shape index (κ3) is 4.78. The zero-order valence-electron chi connectivity index (χ0n) is 10.8. The summed E-state index contributed by atoms with van der Waals surface area (Å²) in [6, 6.07) is 4.67. The molecule has 0 heterocycles. The number of aromatic hydroxyl groups is 1. The molecule has 0 saturated heterocycles. The van der Waals surface area contributed by atoms with Crippen molar-refractivity contribution in [2.45, 2.75) is 20.3 Å². The number of aryl methyl sites for hydroxylation is 1. The molecule has 0 aliphatic carbocycles. The summed E-state index contributed by atoms with van der Waals surface area (Å²) in [5.74, 6) is -1.11. The molecule has 1 rings (SSSR count). The highest BCUT2D eigenvalue weighted by atomic mass is 32.2. The highest BCUT2D eigenvalue weighted by Gasteiger charge is 2.16. The summed E-state index contributed by atoms with van der Waals surface area (Å²) in [5.41, 5.74) is 0.728. The SMILES string of the molecule is CCOC(=O)CCS(=O)(=O)Nc1c(C)cccc1O. The average Bonchev–Trinajstić information content (AvgIpc) is 2.32. The topological polar surface area (TPSA) is 92.7 Å². The van der Waals surface area contributed by atoms with Gasteiger partial charge in [0.1, 0.15) is 5.75 Å². The first-order chi connectivity index (χ1) is 8.85. The second kappa shape index (κ2) is 6.42. The minimum absolute atomic E-state index is 0.131. The maximum atomic E-state index is 11.8. The summed E-state index contributed by atoms with van der Waals surface area (Å²) in [4.78, 5) is 11.1. The van der Waals surface area contributed by atoms with E-state index in [1.54, 1.807) is 26.0 Å². The Bertz CT molecular complexity index is 533. The van der Waals surface area contributed by atoms with Crippen molar-refractivity contribution in [2.75, 3.05) is 17.1 Å². The fraction of sp³-hybridized carbons (Fsp3) is 0.417. The van der Waals surface area contributed by atoms with Crippen LogP contribution in [0.3, 0.4) is 0 Å². The number of nitrogens with one attached hydrogen (secondary N) is 1. The standard InChI is InChI=1S/C12H17NO5S/c1-3-18-11(15)7-8-19(16,17)13-12-9(2)5-4-6-10(12)14/h4-6,13-14H,3,7-8H2,1-2H3. The van der Waals surface area contributed by atoms with E-state index in [9.17, 15) is 18.3 Å². The van der Waals surface area contributed by atoms with Crippen LogP contribution in [0.15, 0.2) is 18.2 Å². The van der Waals surface area contributed by atoms with Crippen molar-refractivity contribution in [3.8, 4) is 5.75 Å². The highest BCUT2D eigenvalue weighted by Crippen LogP contribution is 2.27. The van der Waals surface area contributed by atoms with Gasteiger partial charge in [0, 0.05) is 0 Å². The molecule has 0 aliphatic rings. The number of carbonyl (C=O) groups excluding carboxylic acids is 1. The number of carbonyl (C=O) groups is 1. The van der Waals surface area contributed by atoms with Crippen LogP contribution in [-0.2, 0) is 19.6 Å². The molecule has 0 amide bonds. The Balaban J connectivity index is 2.72. The number of hydrogen-bond acceptors (Lipinski definition) is 5. The van der Waals surface area contributed by atoms with Crippen LogP contribution in [0.4, 0.5) is 5.69 Å². The van der Waals surface area contributed by atoms with Crippen molar-refractivity contribution in [3.63, 3.8) is 0 Å². The summed E-state index contributed by atoms with van der Waals surface area (Å²) >= 11 is 0. The average molecular weight is 287 g/mol. The van der Waals surface area contributed by atoms with Gasteiger partial charge in [-0.15, -0.1) is 0 Å². The normalized spacial score (nSPS) is 11.1. The number of rotatable bonds is 6. The smallest absolute Gasteiger partial charge is 0.306 e. The first-order valence-electron chi connectivity index (χ1n) is 5.80. The molecular weight excluding hydrogens is 270 g/mol. The van der Waals surface area contributed by atoms with Crippen LogP contribution < -0.4 is 4.72 Å². The number of phenols is 1. The van der Waals surface area contributed by atoms with Gasteiger partial charge in [-0.3, -0.25) is 9.52 Å². The van der Waals surface area contributed by atoms with Gasteiger partial charge in [-0.05, 0) is 25.5 Å². The minimum atomic E-state index is -3.70. The summed E-state index contributed by atoms with van der Waals surface area (Å²) in [6.45, 7) is 3.53. The third-order valence-electron chi connectivity index (χ3n) is 2.39. The zero-order valence-corrected chi connectivity index (χ0v) is 11.7. The summed E-state index contributed by atoms with van der Waals surface area (Å²) in [7, 11) is -3.70. The lowest BCUT2D eigenvalue weighted by Crippen LogP contribution is -2.20. The molecular formula is C12H17NO5S. The Morgan fingerprint density at radius 2 is 2.11 bits per heavy atom. The van der Waals surface area contributed by atoms with Gasteiger partial charge >= 0.3 is 5.97 Å². The van der Waals surface area contributed by atoms with Gasteiger partial charge in [0.25, 0.3) is 0 Å². The van der Waals surface area contributed by atoms with E-state index >= 15 is 0 Å². The van der Waals surface area contributed by atoms with Crippen LogP contribution in [-0.4, -0.2) is 31.9 Å². The Labute approximate surface area is 112 Å². The van der Waals surface area contributed by atoms with Crippen molar-refractivity contribution < 1.29 is 23.1 Å². The molecule has 0 fully saturated rings. The number of hydrogen-bond donors (Lipinski definition) is 2. The van der Waals surface area contributed by atoms with Crippen LogP contribution in [0.2, 0.25) is 0 Å². The van der Waals surface area contributed by atoms with Crippen LogP contribution in [0.1, 0.15) is 18.9 Å². The van der Waals surface area contributed by atoms with Gasteiger partial charge in [-0.2, -0.15) is 0 Å². The first kappa shape index (κ1) is 15.3. The van der Waals surface area contributed by atoms with E-state index in [0.29, 0.717) is 5.56 Å². The Kier molecular flexibility index (Phi) is 5.17. The summed E-state index contributed by atoms with van der Waals surface area (Å²) in [6.07, 6.45) is -0.226. The molecule has 0 aliphatic heterocycles. The molecule has 1 aromatic rings. The van der Waals surface area contributed by atoms with Crippen molar-refractivity contribution in [1.82, 2.24) is 0 Å². The summed E-state index contributed by atoms with van der Waals surface area (Å²) < 4.78 is 30.5. The Hall–Kier alpha value is -1.76. The van der Waals surface area contributed by atoms with Crippen molar-refractivity contribution in [1.29, 1.82) is 0 Å². The van der Waals surface area contributed by atoms with Crippen molar-refractivity contribution in [2.24, 2.45) is 0 Å². The third-order valence-corrected chi connectivity index (χ3v) is 3.65. The van der Waals surface area contributed by atoms with Crippen LogP contribution in [0.25, 0.3) is 0 Å². The van der Waals surface area contributed by atoms with Crippen LogP contribution in [0.5, 0.6) is 5.75 Å². The van der Waals surface area contributed by atoms with E-state index in [4.69, 9.17) is 0 Å². The van der Waals surface area contributed by atoms with E-state index in [1.165, 1.54) is 6.07 Å². The van der Waals surface area contributed by atoms with E-state index in [1.807, 2.05) is 0 Å². The van der Waals surface area contributed by atoms with Gasteiger partial charge in [0.15, 0.2) is 0 Å². The Morgan fingerprint density at radius 3 is 2.68 bits per heavy atom. The molecule has 0 saturated carbocycles. The van der Waals surface area contributed by atoms with Crippen LogP contribution >= 0.6 is 0 Å². The van der Waals surface area contributed by atoms with Gasteiger partial charge in [0.2, 0.25) is 10.0 Å². The maximum absolute atomic E-state index is 11.8. The number of ether oxygens (including phenoxy) is 1. The molecule has 7 heteroatoms. The zero-order chi connectivity index (χ0) is 14.5. The van der Waals surface area contributed by atoms with E-state index in [-0.39, 0.29) is 30.2 Å². The van der Waals surface area contributed by atoms with Gasteiger partial charge in [-0.25, -0.2) is 8.42 Å². The van der Waals surface area contributed by atoms with Crippen molar-refractivity contribution >= 4 is 21.7 Å². The van der Waals surface area contributed by atoms with E-state index < -0.39 is 16.0 Å². The first-order valence-corrected chi connectivity index (χ1v) is 7.45. The monoisotopic (exact) mass is 287 g/mol. The number of esters is 1. The molecule has 2 N–H and O–H groups in total. The molecule has 0 unspecified atom stereocenters. The number of phenolic OH excluding ortho intramolecular Hbond substituents is 1. The molecule has 0 spiro atoms. The number of anilines is 1. The van der Waals surface area contributed by atoms with E-state index in [0.717, 1.165) is 0 Å². The predicted molar refractivity (Wildman–Crippen MR) is 71.5 cm³/mol. The maximum Gasteiger partial charge on any atom is 0.306 e. The van der Waals surface area contributed by atoms with E-state index in [2.05, 4.69) is 9.46 Å². The second-order valence-corrected chi connectivity index (χ2v) is 5.79. The van der Waals surface area contributed by atoms with Crippen LogP contribution in [0, 0.1) is 6.92 Å². The van der Waals surface area contributed by atoms with Crippen molar-refractivity contribution in [3.05, 3.63) is 23.8 Å². The quantitative estimate of drug-likeness (QED) is 0.609. The molecule has 0 radical (unpaired) electrons. The molecule has 6 nitrogen and oxygen atoms in total. The van der Waals surface area contributed by atoms with Gasteiger partial charge in [-0.1, -0.05) is 12.1 Å². The van der Waals surface area contributed by atoms with Gasteiger partial charge in [0.05, 0.1) is 24.5 Å². The lowest BCUT2D eigenvalue weighted by atomic mass is 10.2. The largest absolute Gasteiger partial charge is 0.506 e. The second-order valence-electron chi connectivity index (χ2n) is 3.94. The number of sulfonamides is 1.